The molecule has 0 radical (unpaired) electrons. The van der Waals surface area contributed by atoms with Gasteiger partial charge >= 0.3 is 0 Å². The number of ether oxygens (including phenoxy) is 2. The average Bonchev–Trinajstić information content (AvgIpc) is 3.09. The smallest absolute Gasteiger partial charge is 0.271 e. The molecule has 0 aliphatic rings. The number of nitro groups is 1. The molecule has 2 heterocycles. The predicted octanol–water partition coefficient (Wildman–Crippen LogP) is 2.38. The van der Waals surface area contributed by atoms with E-state index in [2.05, 4.69) is 15.1 Å². The van der Waals surface area contributed by atoms with Gasteiger partial charge in [-0.2, -0.15) is 9.50 Å². The second-order valence-electron chi connectivity index (χ2n) is 6.05. The second kappa shape index (κ2) is 6.65. The van der Waals surface area contributed by atoms with Crippen molar-refractivity contribution in [1.29, 1.82) is 0 Å². The first-order valence-corrected chi connectivity index (χ1v) is 8.30. The molecule has 0 saturated heterocycles. The summed E-state index contributed by atoms with van der Waals surface area (Å²) in [6, 6.07) is 9.84. The molecule has 10 heteroatoms. The number of hydrogen-bond acceptors (Lipinski definition) is 8. The first-order chi connectivity index (χ1) is 13.5. The van der Waals surface area contributed by atoms with Crippen LogP contribution in [0.25, 0.3) is 16.6 Å². The number of nitro benzene ring substituents is 1. The Balaban J connectivity index is 1.93. The normalized spacial score (nSPS) is 11.1. The lowest BCUT2D eigenvalue weighted by Crippen LogP contribution is -2.06. The van der Waals surface area contributed by atoms with E-state index in [9.17, 15) is 10.1 Å². The highest BCUT2D eigenvalue weighted by molar-refractivity contribution is 5.92. The SMILES string of the molecule is COc1ccc(OC)c(Cc2nc3cc([N+](=O)[O-])ccc3c3nc(N)nn23)c1. The van der Waals surface area contributed by atoms with Crippen molar-refractivity contribution in [3.63, 3.8) is 0 Å². The van der Waals surface area contributed by atoms with Gasteiger partial charge in [-0.1, -0.05) is 0 Å². The number of anilines is 1. The zero-order chi connectivity index (χ0) is 19.8. The van der Waals surface area contributed by atoms with Crippen molar-refractivity contribution in [2.45, 2.75) is 6.42 Å². The van der Waals surface area contributed by atoms with Crippen LogP contribution in [0.3, 0.4) is 0 Å². The van der Waals surface area contributed by atoms with Gasteiger partial charge in [0.15, 0.2) is 5.65 Å². The van der Waals surface area contributed by atoms with E-state index in [0.717, 1.165) is 5.56 Å². The summed E-state index contributed by atoms with van der Waals surface area (Å²) in [7, 11) is 3.15. The van der Waals surface area contributed by atoms with Gasteiger partial charge in [-0.15, -0.1) is 5.10 Å². The van der Waals surface area contributed by atoms with E-state index in [-0.39, 0.29) is 11.6 Å². The van der Waals surface area contributed by atoms with Crippen molar-refractivity contribution in [2.75, 3.05) is 20.0 Å². The number of fused-ring (bicyclic) bond motifs is 3. The Morgan fingerprint density at radius 3 is 2.68 bits per heavy atom. The molecule has 142 valence electrons. The number of methoxy groups -OCH3 is 2. The molecule has 0 amide bonds. The Labute approximate surface area is 158 Å². The van der Waals surface area contributed by atoms with E-state index in [1.165, 1.54) is 12.1 Å². The minimum absolute atomic E-state index is 0.0539. The van der Waals surface area contributed by atoms with Crippen molar-refractivity contribution in [1.82, 2.24) is 19.6 Å². The molecular weight excluding hydrogens is 364 g/mol. The van der Waals surface area contributed by atoms with Crippen LogP contribution in [0.15, 0.2) is 36.4 Å². The first kappa shape index (κ1) is 17.5. The number of aromatic nitrogens is 4. The molecule has 0 aliphatic carbocycles. The van der Waals surface area contributed by atoms with Gasteiger partial charge in [0.25, 0.3) is 5.69 Å². The number of nitrogen functional groups attached to an aromatic ring is 1. The molecule has 4 rings (SSSR count). The van der Waals surface area contributed by atoms with Crippen LogP contribution in [0, 0.1) is 10.1 Å². The number of hydrogen-bond donors (Lipinski definition) is 1. The lowest BCUT2D eigenvalue weighted by Gasteiger charge is -2.11. The van der Waals surface area contributed by atoms with Gasteiger partial charge in [0, 0.05) is 29.5 Å². The molecule has 10 nitrogen and oxygen atoms in total. The molecule has 0 saturated carbocycles. The molecular formula is C18H16N6O4. The van der Waals surface area contributed by atoms with Gasteiger partial charge in [-0.25, -0.2) is 4.98 Å². The minimum Gasteiger partial charge on any atom is -0.497 e. The lowest BCUT2D eigenvalue weighted by atomic mass is 10.1. The molecule has 0 bridgehead atoms. The van der Waals surface area contributed by atoms with Crippen LogP contribution in [0.1, 0.15) is 11.4 Å². The van der Waals surface area contributed by atoms with Gasteiger partial charge in [0.2, 0.25) is 5.95 Å². The van der Waals surface area contributed by atoms with Crippen LogP contribution >= 0.6 is 0 Å². The van der Waals surface area contributed by atoms with Crippen LogP contribution in [-0.2, 0) is 6.42 Å². The third kappa shape index (κ3) is 2.90. The summed E-state index contributed by atoms with van der Waals surface area (Å²) in [5.74, 6) is 1.93. The highest BCUT2D eigenvalue weighted by Gasteiger charge is 2.17. The second-order valence-corrected chi connectivity index (χ2v) is 6.05. The van der Waals surface area contributed by atoms with Crippen molar-refractivity contribution in [3.05, 3.63) is 57.9 Å². The largest absolute Gasteiger partial charge is 0.497 e. The standard InChI is InChI=1S/C18H16N6O4/c1-27-12-4-6-15(28-2)10(7-12)8-16-20-14-9-11(24(25)26)3-5-13(14)17-21-18(19)22-23(16)17/h3-7,9H,8H2,1-2H3,(H2,19,22). The quantitative estimate of drug-likeness (QED) is 0.412. The molecule has 28 heavy (non-hydrogen) atoms. The first-order valence-electron chi connectivity index (χ1n) is 8.30. The zero-order valence-electron chi connectivity index (χ0n) is 15.1. The van der Waals surface area contributed by atoms with Gasteiger partial charge in [-0.05, 0) is 24.3 Å². The Bertz CT molecular complexity index is 1220. The van der Waals surface area contributed by atoms with Crippen LogP contribution in [0.4, 0.5) is 11.6 Å². The van der Waals surface area contributed by atoms with Crippen molar-refractivity contribution < 1.29 is 14.4 Å². The van der Waals surface area contributed by atoms with E-state index >= 15 is 0 Å². The molecule has 2 aromatic carbocycles. The lowest BCUT2D eigenvalue weighted by molar-refractivity contribution is -0.384. The summed E-state index contributed by atoms with van der Waals surface area (Å²) in [5.41, 5.74) is 7.48. The summed E-state index contributed by atoms with van der Waals surface area (Å²) in [5, 5.41) is 16.0. The average molecular weight is 380 g/mol. The zero-order valence-corrected chi connectivity index (χ0v) is 15.1. The molecule has 2 aromatic heterocycles. The van der Waals surface area contributed by atoms with E-state index in [0.29, 0.717) is 40.3 Å². The number of benzene rings is 2. The van der Waals surface area contributed by atoms with Crippen molar-refractivity contribution in [3.8, 4) is 11.5 Å². The van der Waals surface area contributed by atoms with Gasteiger partial charge in [0.05, 0.1) is 24.7 Å². The topological polar surface area (TPSA) is 131 Å². The maximum Gasteiger partial charge on any atom is 0.271 e. The van der Waals surface area contributed by atoms with Crippen LogP contribution in [-0.4, -0.2) is 38.7 Å². The van der Waals surface area contributed by atoms with Gasteiger partial charge in [0.1, 0.15) is 17.3 Å². The molecule has 4 aromatic rings. The number of non-ortho nitro benzene ring substituents is 1. The molecule has 0 aliphatic heterocycles. The fourth-order valence-corrected chi connectivity index (χ4v) is 3.09. The van der Waals surface area contributed by atoms with Crippen LogP contribution in [0.5, 0.6) is 11.5 Å². The van der Waals surface area contributed by atoms with Gasteiger partial charge < -0.3 is 15.2 Å². The summed E-state index contributed by atoms with van der Waals surface area (Å²) in [6.07, 6.45) is 0.332. The highest BCUT2D eigenvalue weighted by Crippen LogP contribution is 2.28. The summed E-state index contributed by atoms with van der Waals surface area (Å²) in [6.45, 7) is 0. The summed E-state index contributed by atoms with van der Waals surface area (Å²) >= 11 is 0. The summed E-state index contributed by atoms with van der Waals surface area (Å²) < 4.78 is 12.3. The van der Waals surface area contributed by atoms with Crippen molar-refractivity contribution >= 4 is 28.2 Å². The fourth-order valence-electron chi connectivity index (χ4n) is 3.09. The van der Waals surface area contributed by atoms with E-state index in [4.69, 9.17) is 15.2 Å². The highest BCUT2D eigenvalue weighted by atomic mass is 16.6. The molecule has 0 atom stereocenters. The molecule has 0 unspecified atom stereocenters. The molecule has 0 spiro atoms. The fraction of sp³-hybridized carbons (Fsp3) is 0.167. The van der Waals surface area contributed by atoms with E-state index < -0.39 is 4.92 Å². The number of nitrogens with zero attached hydrogens (tertiary/aromatic N) is 5. The van der Waals surface area contributed by atoms with Crippen LogP contribution in [0.2, 0.25) is 0 Å². The van der Waals surface area contributed by atoms with Gasteiger partial charge in [-0.3, -0.25) is 10.1 Å². The number of nitrogens with two attached hydrogens (primary N) is 1. The molecule has 2 N–H and O–H groups in total. The Morgan fingerprint density at radius 2 is 1.96 bits per heavy atom. The van der Waals surface area contributed by atoms with E-state index in [1.807, 2.05) is 6.07 Å². The minimum atomic E-state index is -0.464. The third-order valence-corrected chi connectivity index (χ3v) is 4.39. The van der Waals surface area contributed by atoms with Crippen LogP contribution < -0.4 is 15.2 Å². The maximum atomic E-state index is 11.1. The van der Waals surface area contributed by atoms with Crippen molar-refractivity contribution in [2.24, 2.45) is 0 Å². The Morgan fingerprint density at radius 1 is 1.14 bits per heavy atom. The monoisotopic (exact) mass is 380 g/mol. The maximum absolute atomic E-state index is 11.1. The third-order valence-electron chi connectivity index (χ3n) is 4.39. The Kier molecular flexibility index (Phi) is 4.15. The predicted molar refractivity (Wildman–Crippen MR) is 102 cm³/mol. The summed E-state index contributed by atoms with van der Waals surface area (Å²) in [4.78, 5) is 19.5. The number of rotatable bonds is 5. The Hall–Kier alpha value is -3.95. The molecule has 0 fully saturated rings. The van der Waals surface area contributed by atoms with E-state index in [1.54, 1.807) is 36.9 Å².